The highest BCUT2D eigenvalue weighted by atomic mass is 32.2. The molecule has 0 aliphatic heterocycles. The van der Waals surface area contributed by atoms with E-state index in [0.29, 0.717) is 6.42 Å². The van der Waals surface area contributed by atoms with Gasteiger partial charge < -0.3 is 5.11 Å². The summed E-state index contributed by atoms with van der Waals surface area (Å²) >= 11 is 0. The summed E-state index contributed by atoms with van der Waals surface area (Å²) < 4.78 is 26.6. The Labute approximate surface area is 114 Å². The molecule has 0 fully saturated rings. The van der Waals surface area contributed by atoms with Crippen LogP contribution >= 0.6 is 0 Å². The van der Waals surface area contributed by atoms with Crippen molar-refractivity contribution < 1.29 is 13.5 Å². The molecule has 1 rings (SSSR count). The van der Waals surface area contributed by atoms with Crippen LogP contribution in [0.3, 0.4) is 0 Å². The first kappa shape index (κ1) is 15.7. The van der Waals surface area contributed by atoms with Gasteiger partial charge in [-0.1, -0.05) is 24.0 Å². The van der Waals surface area contributed by atoms with E-state index in [2.05, 4.69) is 16.6 Å². The molecule has 6 heteroatoms. The van der Waals surface area contributed by atoms with Gasteiger partial charge in [0.2, 0.25) is 0 Å². The third-order valence-corrected chi connectivity index (χ3v) is 3.94. The van der Waals surface area contributed by atoms with Crippen molar-refractivity contribution in [3.63, 3.8) is 0 Å². The van der Waals surface area contributed by atoms with Crippen molar-refractivity contribution >= 4 is 10.2 Å². The second-order valence-electron chi connectivity index (χ2n) is 3.94. The van der Waals surface area contributed by atoms with Gasteiger partial charge >= 0.3 is 0 Å². The quantitative estimate of drug-likeness (QED) is 0.764. The van der Waals surface area contributed by atoms with Crippen LogP contribution in [0.4, 0.5) is 0 Å². The first-order chi connectivity index (χ1) is 8.99. The number of benzene rings is 1. The van der Waals surface area contributed by atoms with E-state index in [0.717, 1.165) is 11.1 Å². The highest BCUT2D eigenvalue weighted by molar-refractivity contribution is 7.87. The zero-order valence-corrected chi connectivity index (χ0v) is 11.9. The Bertz CT molecular complexity index is 573. The summed E-state index contributed by atoms with van der Waals surface area (Å²) in [5.41, 5.74) is 1.67. The molecule has 0 heterocycles. The molecule has 0 saturated carbocycles. The van der Waals surface area contributed by atoms with Gasteiger partial charge in [-0.2, -0.15) is 12.7 Å². The third kappa shape index (κ3) is 5.01. The number of aliphatic hydroxyl groups is 1. The summed E-state index contributed by atoms with van der Waals surface area (Å²) in [6.45, 7) is 0.314. The van der Waals surface area contributed by atoms with E-state index >= 15 is 0 Å². The van der Waals surface area contributed by atoms with Crippen LogP contribution in [0.25, 0.3) is 0 Å². The van der Waals surface area contributed by atoms with Gasteiger partial charge in [0.15, 0.2) is 0 Å². The van der Waals surface area contributed by atoms with Crippen molar-refractivity contribution in [3.05, 3.63) is 35.4 Å². The standard InChI is InChI=1S/C13H18N2O3S/c1-14-19(17,18)15(2)11-13-8-5-7-12(10-13)6-3-4-9-16/h5,7-8,10,14,16H,4,9,11H2,1-2H3. The fraction of sp³-hybridized carbons (Fsp3) is 0.385. The molecule has 19 heavy (non-hydrogen) atoms. The van der Waals surface area contributed by atoms with Crippen molar-refractivity contribution in [2.24, 2.45) is 0 Å². The average molecular weight is 282 g/mol. The number of hydrogen-bond donors (Lipinski definition) is 2. The second kappa shape index (κ2) is 7.26. The first-order valence-electron chi connectivity index (χ1n) is 5.83. The van der Waals surface area contributed by atoms with E-state index in [9.17, 15) is 8.42 Å². The Morgan fingerprint density at radius 3 is 2.79 bits per heavy atom. The largest absolute Gasteiger partial charge is 0.395 e. The van der Waals surface area contributed by atoms with Crippen molar-refractivity contribution in [2.45, 2.75) is 13.0 Å². The van der Waals surface area contributed by atoms with Gasteiger partial charge in [-0.25, -0.2) is 4.72 Å². The summed E-state index contributed by atoms with van der Waals surface area (Å²) in [4.78, 5) is 0. The molecule has 1 aromatic rings. The topological polar surface area (TPSA) is 69.6 Å². The number of nitrogens with one attached hydrogen (secondary N) is 1. The van der Waals surface area contributed by atoms with Gasteiger partial charge in [0.25, 0.3) is 10.2 Å². The van der Waals surface area contributed by atoms with Gasteiger partial charge in [0.1, 0.15) is 0 Å². The van der Waals surface area contributed by atoms with Crippen LogP contribution in [0.5, 0.6) is 0 Å². The minimum absolute atomic E-state index is 0.0375. The summed E-state index contributed by atoms with van der Waals surface area (Å²) in [6, 6.07) is 7.36. The van der Waals surface area contributed by atoms with Crippen molar-refractivity contribution in [1.29, 1.82) is 0 Å². The van der Waals surface area contributed by atoms with E-state index in [1.807, 2.05) is 24.3 Å². The molecule has 1 aromatic carbocycles. The fourth-order valence-corrected chi connectivity index (χ4v) is 2.10. The summed E-state index contributed by atoms with van der Waals surface area (Å²) in [7, 11) is -0.528. The number of rotatable bonds is 5. The lowest BCUT2D eigenvalue weighted by molar-refractivity contribution is 0.305. The van der Waals surface area contributed by atoms with Gasteiger partial charge in [-0.3, -0.25) is 0 Å². The minimum Gasteiger partial charge on any atom is -0.395 e. The predicted octanol–water partition coefficient (Wildman–Crippen LogP) is 0.316. The van der Waals surface area contributed by atoms with Crippen LogP contribution in [0.1, 0.15) is 17.5 Å². The minimum atomic E-state index is -3.42. The molecule has 0 aromatic heterocycles. The Hall–Kier alpha value is -1.39. The van der Waals surface area contributed by atoms with E-state index in [-0.39, 0.29) is 13.2 Å². The maximum absolute atomic E-state index is 11.6. The van der Waals surface area contributed by atoms with Crippen LogP contribution in [-0.2, 0) is 16.8 Å². The fourth-order valence-electron chi connectivity index (χ4n) is 1.47. The highest BCUT2D eigenvalue weighted by Crippen LogP contribution is 2.08. The lowest BCUT2D eigenvalue weighted by Crippen LogP contribution is -2.35. The van der Waals surface area contributed by atoms with Crippen LogP contribution < -0.4 is 4.72 Å². The molecular weight excluding hydrogens is 264 g/mol. The van der Waals surface area contributed by atoms with E-state index in [1.165, 1.54) is 18.4 Å². The maximum atomic E-state index is 11.6. The smallest absolute Gasteiger partial charge is 0.279 e. The Kier molecular flexibility index (Phi) is 5.99. The highest BCUT2D eigenvalue weighted by Gasteiger charge is 2.14. The first-order valence-corrected chi connectivity index (χ1v) is 7.27. The van der Waals surface area contributed by atoms with Crippen LogP contribution in [0.2, 0.25) is 0 Å². The SMILES string of the molecule is CNS(=O)(=O)N(C)Cc1cccc(C#CCCO)c1. The van der Waals surface area contributed by atoms with Gasteiger partial charge in [0.05, 0.1) is 6.61 Å². The van der Waals surface area contributed by atoms with Crippen molar-refractivity contribution in [3.8, 4) is 11.8 Å². The van der Waals surface area contributed by atoms with Gasteiger partial charge in [0, 0.05) is 32.6 Å². The molecule has 0 aliphatic rings. The Morgan fingerprint density at radius 2 is 2.16 bits per heavy atom. The molecular formula is C13H18N2O3S. The molecule has 0 saturated heterocycles. The van der Waals surface area contributed by atoms with Crippen LogP contribution in [0.15, 0.2) is 24.3 Å². The third-order valence-electron chi connectivity index (χ3n) is 2.47. The Balaban J connectivity index is 2.81. The molecule has 104 valence electrons. The van der Waals surface area contributed by atoms with Crippen molar-refractivity contribution in [2.75, 3.05) is 20.7 Å². The Morgan fingerprint density at radius 1 is 1.42 bits per heavy atom. The molecule has 5 nitrogen and oxygen atoms in total. The maximum Gasteiger partial charge on any atom is 0.279 e. The molecule has 2 N–H and O–H groups in total. The molecule has 0 radical (unpaired) electrons. The predicted molar refractivity (Wildman–Crippen MR) is 74.5 cm³/mol. The zero-order valence-electron chi connectivity index (χ0n) is 11.0. The number of aliphatic hydroxyl groups excluding tert-OH is 1. The molecule has 0 unspecified atom stereocenters. The van der Waals surface area contributed by atoms with Crippen LogP contribution in [-0.4, -0.2) is 38.5 Å². The number of hydrogen-bond acceptors (Lipinski definition) is 3. The molecule has 0 aliphatic carbocycles. The lowest BCUT2D eigenvalue weighted by Gasteiger charge is -2.16. The monoisotopic (exact) mass is 282 g/mol. The summed E-state index contributed by atoms with van der Waals surface area (Å²) in [5.74, 6) is 5.75. The van der Waals surface area contributed by atoms with Crippen LogP contribution in [0, 0.1) is 11.8 Å². The normalized spacial score (nSPS) is 11.2. The van der Waals surface area contributed by atoms with E-state index in [1.54, 1.807) is 0 Å². The lowest BCUT2D eigenvalue weighted by atomic mass is 10.1. The van der Waals surface area contributed by atoms with E-state index < -0.39 is 10.2 Å². The zero-order chi connectivity index (χ0) is 14.3. The van der Waals surface area contributed by atoms with Gasteiger partial charge in [-0.15, -0.1) is 0 Å². The van der Waals surface area contributed by atoms with Gasteiger partial charge in [-0.05, 0) is 17.7 Å². The summed E-state index contributed by atoms with van der Waals surface area (Å²) in [6.07, 6.45) is 0.429. The summed E-state index contributed by atoms with van der Waals surface area (Å²) in [5, 5.41) is 8.65. The molecule has 0 bridgehead atoms. The average Bonchev–Trinajstić information content (AvgIpc) is 2.39. The second-order valence-corrected chi connectivity index (χ2v) is 5.92. The van der Waals surface area contributed by atoms with E-state index in [4.69, 9.17) is 5.11 Å². The van der Waals surface area contributed by atoms with Crippen molar-refractivity contribution in [1.82, 2.24) is 9.03 Å². The molecule has 0 atom stereocenters. The molecule has 0 spiro atoms. The number of nitrogens with zero attached hydrogens (tertiary/aromatic N) is 1. The molecule has 0 amide bonds.